The highest BCUT2D eigenvalue weighted by Gasteiger charge is 2.10. The Morgan fingerprint density at radius 2 is 1.94 bits per heavy atom. The second-order valence-corrected chi connectivity index (χ2v) is 3.16. The van der Waals surface area contributed by atoms with Crippen LogP contribution in [-0.2, 0) is 9.59 Å². The van der Waals surface area contributed by atoms with E-state index in [0.717, 1.165) is 0 Å². The van der Waals surface area contributed by atoms with Crippen molar-refractivity contribution >= 4 is 17.5 Å². The number of hydrogen-bond donors (Lipinski definition) is 2. The molecule has 0 unspecified atom stereocenters. The minimum atomic E-state index is -0.531. The first kappa shape index (κ1) is 12.2. The Kier molecular flexibility index (Phi) is 4.44. The zero-order valence-electron chi connectivity index (χ0n) is 8.92. The average Bonchev–Trinajstić information content (AvgIpc) is 2.21. The summed E-state index contributed by atoms with van der Waals surface area (Å²) in [4.78, 5) is 22.4. The fraction of sp³-hybridized carbons (Fsp3) is 0.273. The molecule has 2 amide bonds. The van der Waals surface area contributed by atoms with E-state index in [9.17, 15) is 14.0 Å². The van der Waals surface area contributed by atoms with Gasteiger partial charge in [0.05, 0.1) is 5.69 Å². The highest BCUT2D eigenvalue weighted by molar-refractivity contribution is 6.03. The van der Waals surface area contributed by atoms with Crippen molar-refractivity contribution in [3.8, 4) is 0 Å². The van der Waals surface area contributed by atoms with Crippen LogP contribution in [0.25, 0.3) is 0 Å². The summed E-state index contributed by atoms with van der Waals surface area (Å²) in [7, 11) is 0. The van der Waals surface area contributed by atoms with E-state index < -0.39 is 11.7 Å². The summed E-state index contributed by atoms with van der Waals surface area (Å²) in [5.41, 5.74) is 0.0804. The van der Waals surface area contributed by atoms with E-state index in [-0.39, 0.29) is 18.0 Å². The van der Waals surface area contributed by atoms with Crippen molar-refractivity contribution in [2.45, 2.75) is 13.3 Å². The van der Waals surface area contributed by atoms with Crippen molar-refractivity contribution in [3.05, 3.63) is 30.1 Å². The molecule has 1 aromatic carbocycles. The summed E-state index contributed by atoms with van der Waals surface area (Å²) in [6.45, 7) is 2.22. The van der Waals surface area contributed by atoms with Gasteiger partial charge in [-0.15, -0.1) is 0 Å². The van der Waals surface area contributed by atoms with E-state index in [1.807, 2.05) is 0 Å². The molecule has 0 aliphatic rings. The Morgan fingerprint density at radius 1 is 1.25 bits per heavy atom. The molecule has 0 radical (unpaired) electrons. The zero-order chi connectivity index (χ0) is 12.0. The Balaban J connectivity index is 2.52. The van der Waals surface area contributed by atoms with Crippen LogP contribution in [0.15, 0.2) is 24.3 Å². The second-order valence-electron chi connectivity index (χ2n) is 3.16. The van der Waals surface area contributed by atoms with Crippen LogP contribution in [0.2, 0.25) is 0 Å². The number of para-hydroxylation sites is 1. The van der Waals surface area contributed by atoms with Crippen LogP contribution < -0.4 is 10.6 Å². The highest BCUT2D eigenvalue weighted by Crippen LogP contribution is 2.12. The number of carbonyl (C=O) groups excluding carboxylic acids is 2. The summed E-state index contributed by atoms with van der Waals surface area (Å²) < 4.78 is 13.1. The molecule has 0 saturated carbocycles. The number of hydrogen-bond acceptors (Lipinski definition) is 2. The van der Waals surface area contributed by atoms with Crippen LogP contribution in [0.3, 0.4) is 0 Å². The Morgan fingerprint density at radius 3 is 2.56 bits per heavy atom. The van der Waals surface area contributed by atoms with Gasteiger partial charge in [0.25, 0.3) is 0 Å². The van der Waals surface area contributed by atoms with Gasteiger partial charge in [0, 0.05) is 6.54 Å². The molecule has 0 spiro atoms. The quantitative estimate of drug-likeness (QED) is 0.757. The van der Waals surface area contributed by atoms with Crippen LogP contribution in [-0.4, -0.2) is 18.4 Å². The van der Waals surface area contributed by atoms with Gasteiger partial charge in [0.15, 0.2) is 0 Å². The predicted molar refractivity (Wildman–Crippen MR) is 58.3 cm³/mol. The molecule has 0 heterocycles. The molecule has 5 heteroatoms. The molecular formula is C11H13FN2O2. The minimum absolute atomic E-state index is 0.0804. The molecule has 4 nitrogen and oxygen atoms in total. The summed E-state index contributed by atoms with van der Waals surface area (Å²) in [5, 5.41) is 4.81. The van der Waals surface area contributed by atoms with Crippen LogP contribution in [0.4, 0.5) is 10.1 Å². The fourth-order valence-corrected chi connectivity index (χ4v) is 1.16. The smallest absolute Gasteiger partial charge is 0.233 e. The van der Waals surface area contributed by atoms with E-state index in [2.05, 4.69) is 10.6 Å². The number of rotatable bonds is 4. The molecule has 16 heavy (non-hydrogen) atoms. The third kappa shape index (κ3) is 3.68. The predicted octanol–water partition coefficient (Wildman–Crippen LogP) is 1.29. The van der Waals surface area contributed by atoms with Gasteiger partial charge in [-0.05, 0) is 19.1 Å². The maximum Gasteiger partial charge on any atom is 0.233 e. The van der Waals surface area contributed by atoms with Crippen molar-refractivity contribution in [2.75, 3.05) is 11.9 Å². The van der Waals surface area contributed by atoms with Crippen molar-refractivity contribution in [1.29, 1.82) is 0 Å². The van der Waals surface area contributed by atoms with Gasteiger partial charge in [-0.1, -0.05) is 12.1 Å². The zero-order valence-corrected chi connectivity index (χ0v) is 8.92. The molecule has 0 fully saturated rings. The summed E-state index contributed by atoms with van der Waals surface area (Å²) in [6, 6.07) is 5.80. The monoisotopic (exact) mass is 224 g/mol. The van der Waals surface area contributed by atoms with Gasteiger partial charge in [0.1, 0.15) is 12.2 Å². The number of anilines is 1. The Labute approximate surface area is 92.8 Å². The van der Waals surface area contributed by atoms with Gasteiger partial charge in [0.2, 0.25) is 11.8 Å². The normalized spacial score (nSPS) is 9.62. The molecule has 0 saturated heterocycles. The first-order valence-electron chi connectivity index (χ1n) is 4.94. The second kappa shape index (κ2) is 5.85. The Hall–Kier alpha value is -1.91. The number of halogens is 1. The average molecular weight is 224 g/mol. The van der Waals surface area contributed by atoms with E-state index in [0.29, 0.717) is 6.54 Å². The maximum absolute atomic E-state index is 13.1. The molecule has 0 aromatic heterocycles. The molecule has 0 aliphatic heterocycles. The number of nitrogens with one attached hydrogen (secondary N) is 2. The van der Waals surface area contributed by atoms with Crippen molar-refractivity contribution in [2.24, 2.45) is 0 Å². The summed E-state index contributed by atoms with van der Waals surface area (Å²) in [6.07, 6.45) is -0.303. The maximum atomic E-state index is 13.1. The van der Waals surface area contributed by atoms with Gasteiger partial charge in [-0.25, -0.2) is 4.39 Å². The van der Waals surface area contributed by atoms with Crippen LogP contribution in [0.1, 0.15) is 13.3 Å². The lowest BCUT2D eigenvalue weighted by Gasteiger charge is -2.05. The Bertz CT molecular complexity index is 393. The standard InChI is InChI=1S/C11H13FN2O2/c1-2-13-10(15)7-11(16)14-9-6-4-3-5-8(9)12/h3-6H,2,7H2,1H3,(H,13,15)(H,14,16). The molecule has 1 rings (SSSR count). The first-order valence-corrected chi connectivity index (χ1v) is 4.94. The molecule has 0 atom stereocenters. The highest BCUT2D eigenvalue weighted by atomic mass is 19.1. The van der Waals surface area contributed by atoms with Crippen molar-refractivity contribution < 1.29 is 14.0 Å². The number of benzene rings is 1. The van der Waals surface area contributed by atoms with Gasteiger partial charge in [-0.3, -0.25) is 9.59 Å². The summed E-state index contributed by atoms with van der Waals surface area (Å²) >= 11 is 0. The molecule has 0 aliphatic carbocycles. The fourth-order valence-electron chi connectivity index (χ4n) is 1.16. The number of amides is 2. The van der Waals surface area contributed by atoms with Crippen LogP contribution in [0.5, 0.6) is 0 Å². The van der Waals surface area contributed by atoms with Gasteiger partial charge in [-0.2, -0.15) is 0 Å². The lowest BCUT2D eigenvalue weighted by molar-refractivity contribution is -0.126. The van der Waals surface area contributed by atoms with Gasteiger partial charge >= 0.3 is 0 Å². The summed E-state index contributed by atoms with van der Waals surface area (Å²) in [5.74, 6) is -1.43. The van der Waals surface area contributed by atoms with Crippen molar-refractivity contribution in [3.63, 3.8) is 0 Å². The third-order valence-corrected chi connectivity index (χ3v) is 1.84. The topological polar surface area (TPSA) is 58.2 Å². The van der Waals surface area contributed by atoms with E-state index in [1.165, 1.54) is 18.2 Å². The van der Waals surface area contributed by atoms with E-state index in [1.54, 1.807) is 13.0 Å². The third-order valence-electron chi connectivity index (χ3n) is 1.84. The molecule has 0 bridgehead atoms. The largest absolute Gasteiger partial charge is 0.356 e. The molecule has 1 aromatic rings. The molecule has 2 N–H and O–H groups in total. The number of carbonyl (C=O) groups is 2. The lowest BCUT2D eigenvalue weighted by Crippen LogP contribution is -2.27. The van der Waals surface area contributed by atoms with Gasteiger partial charge < -0.3 is 10.6 Å². The molecular weight excluding hydrogens is 211 g/mol. The van der Waals surface area contributed by atoms with Crippen LogP contribution in [0, 0.1) is 5.82 Å². The van der Waals surface area contributed by atoms with Crippen molar-refractivity contribution in [1.82, 2.24) is 5.32 Å². The molecule has 86 valence electrons. The minimum Gasteiger partial charge on any atom is -0.356 e. The lowest BCUT2D eigenvalue weighted by atomic mass is 10.3. The SMILES string of the molecule is CCNC(=O)CC(=O)Nc1ccccc1F. The van der Waals surface area contributed by atoms with E-state index >= 15 is 0 Å². The van der Waals surface area contributed by atoms with E-state index in [4.69, 9.17) is 0 Å². The van der Waals surface area contributed by atoms with Crippen LogP contribution >= 0.6 is 0 Å². The first-order chi connectivity index (χ1) is 7.63.